The maximum Gasteiger partial charge on any atom is 0.408 e. The number of nitrogens with two attached hydrogens (primary N) is 1. The van der Waals surface area contributed by atoms with E-state index in [9.17, 15) is 19.5 Å². The highest BCUT2D eigenvalue weighted by molar-refractivity contribution is 9.10. The Morgan fingerprint density at radius 3 is 2.72 bits per heavy atom. The molecule has 0 radical (unpaired) electrons. The Morgan fingerprint density at radius 1 is 1.36 bits per heavy atom. The number of anilines is 1. The highest BCUT2D eigenvalue weighted by atomic mass is 79.9. The van der Waals surface area contributed by atoms with Crippen molar-refractivity contribution >= 4 is 50.5 Å². The van der Waals surface area contributed by atoms with Gasteiger partial charge in [-0.15, -0.1) is 0 Å². The van der Waals surface area contributed by atoms with Gasteiger partial charge in [-0.05, 0) is 18.2 Å². The predicted octanol–water partition coefficient (Wildman–Crippen LogP) is 1.35. The van der Waals surface area contributed by atoms with Crippen LogP contribution in [-0.2, 0) is 4.79 Å². The van der Waals surface area contributed by atoms with Gasteiger partial charge < -0.3 is 25.7 Å². The summed E-state index contributed by atoms with van der Waals surface area (Å²) in [6, 6.07) is 3.86. The van der Waals surface area contributed by atoms with E-state index < -0.39 is 30.1 Å². The smallest absolute Gasteiger partial charge is 0.408 e. The molecule has 0 spiro atoms. The van der Waals surface area contributed by atoms with Crippen LogP contribution in [0.15, 0.2) is 27.1 Å². The molecule has 1 aromatic heterocycles. The van der Waals surface area contributed by atoms with Crippen molar-refractivity contribution in [1.29, 1.82) is 0 Å². The number of primary amides is 1. The Morgan fingerprint density at radius 2 is 2.08 bits per heavy atom. The SMILES string of the molecule is NC(=O)c1oc2ccc(Br)cc2c1NC(=O)[C@@H]1C[C@@H](O)CN1C(=O)O. The van der Waals surface area contributed by atoms with Gasteiger partial charge in [0.05, 0.1) is 12.6 Å². The number of benzene rings is 1. The zero-order valence-corrected chi connectivity index (χ0v) is 14.3. The fraction of sp³-hybridized carbons (Fsp3) is 0.267. The van der Waals surface area contributed by atoms with E-state index in [0.29, 0.717) is 15.4 Å². The fourth-order valence-corrected chi connectivity index (χ4v) is 3.21. The Balaban J connectivity index is 1.98. The van der Waals surface area contributed by atoms with Crippen LogP contribution in [0.25, 0.3) is 11.0 Å². The van der Waals surface area contributed by atoms with Crippen LogP contribution in [0.2, 0.25) is 0 Å². The minimum Gasteiger partial charge on any atom is -0.465 e. The Kier molecular flexibility index (Phi) is 4.39. The summed E-state index contributed by atoms with van der Waals surface area (Å²) in [5.41, 5.74) is 5.71. The zero-order chi connectivity index (χ0) is 18.3. The number of amides is 3. The molecule has 2 aromatic rings. The van der Waals surface area contributed by atoms with E-state index >= 15 is 0 Å². The first-order chi connectivity index (χ1) is 11.8. The fourth-order valence-electron chi connectivity index (χ4n) is 2.85. The number of nitrogens with one attached hydrogen (secondary N) is 1. The van der Waals surface area contributed by atoms with Gasteiger partial charge in [0.15, 0.2) is 0 Å². The topological polar surface area (TPSA) is 146 Å². The molecule has 2 heterocycles. The molecule has 5 N–H and O–H groups in total. The van der Waals surface area contributed by atoms with Crippen LogP contribution in [0.5, 0.6) is 0 Å². The number of carbonyl (C=O) groups is 3. The third-order valence-electron chi connectivity index (χ3n) is 3.95. The number of nitrogens with zero attached hydrogens (tertiary/aromatic N) is 1. The van der Waals surface area contributed by atoms with Gasteiger partial charge in [0.2, 0.25) is 11.7 Å². The number of halogens is 1. The molecule has 9 nitrogen and oxygen atoms in total. The van der Waals surface area contributed by atoms with Crippen LogP contribution in [0.1, 0.15) is 17.0 Å². The van der Waals surface area contributed by atoms with Crippen molar-refractivity contribution in [3.05, 3.63) is 28.4 Å². The van der Waals surface area contributed by atoms with Crippen molar-refractivity contribution in [3.8, 4) is 0 Å². The third-order valence-corrected chi connectivity index (χ3v) is 4.44. The second kappa shape index (κ2) is 6.37. The molecular weight excluding hydrogens is 398 g/mol. The molecule has 132 valence electrons. The lowest BCUT2D eigenvalue weighted by molar-refractivity contribution is -0.120. The van der Waals surface area contributed by atoms with E-state index in [-0.39, 0.29) is 24.4 Å². The zero-order valence-electron chi connectivity index (χ0n) is 12.7. The summed E-state index contributed by atoms with van der Waals surface area (Å²) in [4.78, 5) is 36.3. The first kappa shape index (κ1) is 17.2. The molecule has 1 fully saturated rings. The monoisotopic (exact) mass is 411 g/mol. The van der Waals surface area contributed by atoms with Gasteiger partial charge in [0.25, 0.3) is 5.91 Å². The molecular formula is C15H14BrN3O6. The molecule has 3 amide bonds. The first-order valence-corrected chi connectivity index (χ1v) is 8.07. The lowest BCUT2D eigenvalue weighted by Crippen LogP contribution is -2.42. The van der Waals surface area contributed by atoms with Crippen molar-refractivity contribution in [2.45, 2.75) is 18.6 Å². The van der Waals surface area contributed by atoms with Crippen LogP contribution in [-0.4, -0.2) is 51.7 Å². The quantitative estimate of drug-likeness (QED) is 0.599. The van der Waals surface area contributed by atoms with E-state index in [1.165, 1.54) is 0 Å². The largest absolute Gasteiger partial charge is 0.465 e. The average Bonchev–Trinajstić information content (AvgIpc) is 3.09. The number of aliphatic hydroxyl groups is 1. The highest BCUT2D eigenvalue weighted by Crippen LogP contribution is 2.33. The number of β-amino-alcohol motifs (C(OH)–C–C–N with tert-alkyl or cyclic N) is 1. The van der Waals surface area contributed by atoms with Crippen molar-refractivity contribution in [1.82, 2.24) is 4.90 Å². The average molecular weight is 412 g/mol. The van der Waals surface area contributed by atoms with Crippen LogP contribution < -0.4 is 11.1 Å². The number of fused-ring (bicyclic) bond motifs is 1. The molecule has 0 aliphatic carbocycles. The molecule has 1 aliphatic heterocycles. The number of rotatable bonds is 3. The molecule has 0 unspecified atom stereocenters. The summed E-state index contributed by atoms with van der Waals surface area (Å²) >= 11 is 3.29. The van der Waals surface area contributed by atoms with Crippen molar-refractivity contribution in [2.24, 2.45) is 5.73 Å². The minimum atomic E-state index is -1.31. The minimum absolute atomic E-state index is 0.0382. The second-order valence-corrected chi connectivity index (χ2v) is 6.56. The maximum atomic E-state index is 12.5. The van der Waals surface area contributed by atoms with Gasteiger partial charge in [0.1, 0.15) is 17.3 Å². The van der Waals surface area contributed by atoms with E-state index in [4.69, 9.17) is 15.3 Å². The normalized spacial score (nSPS) is 20.0. The van der Waals surface area contributed by atoms with Gasteiger partial charge in [-0.2, -0.15) is 0 Å². The molecule has 0 bridgehead atoms. The van der Waals surface area contributed by atoms with Crippen LogP contribution in [0.3, 0.4) is 0 Å². The van der Waals surface area contributed by atoms with E-state index in [1.54, 1.807) is 18.2 Å². The Hall–Kier alpha value is -2.59. The van der Waals surface area contributed by atoms with Crippen LogP contribution in [0.4, 0.5) is 10.5 Å². The predicted molar refractivity (Wildman–Crippen MR) is 90.2 cm³/mol. The van der Waals surface area contributed by atoms with Gasteiger partial charge in [-0.3, -0.25) is 14.5 Å². The third kappa shape index (κ3) is 3.17. The Bertz CT molecular complexity index is 880. The van der Waals surface area contributed by atoms with E-state index in [2.05, 4.69) is 21.2 Å². The number of furan rings is 1. The number of aliphatic hydroxyl groups excluding tert-OH is 1. The van der Waals surface area contributed by atoms with Gasteiger partial charge >= 0.3 is 6.09 Å². The van der Waals surface area contributed by atoms with Gasteiger partial charge in [-0.1, -0.05) is 15.9 Å². The van der Waals surface area contributed by atoms with Crippen molar-refractivity contribution < 1.29 is 29.0 Å². The molecule has 3 rings (SSSR count). The lowest BCUT2D eigenvalue weighted by atomic mass is 10.1. The molecule has 1 saturated heterocycles. The standard InChI is InChI=1S/C15H14BrN3O6/c16-6-1-2-10-8(3-6)11(12(25-10)13(17)21)18-14(22)9-4-7(20)5-19(9)15(23)24/h1-3,7,9,20H,4-5H2,(H2,17,21)(H,18,22)(H,23,24)/t7-,9+/m1/s1. The van der Waals surface area contributed by atoms with E-state index in [1.807, 2.05) is 0 Å². The molecule has 10 heteroatoms. The first-order valence-electron chi connectivity index (χ1n) is 7.28. The number of likely N-dealkylation sites (tertiary alicyclic amines) is 1. The summed E-state index contributed by atoms with van der Waals surface area (Å²) in [6.07, 6.45) is -2.28. The van der Waals surface area contributed by atoms with Gasteiger partial charge in [-0.25, -0.2) is 4.79 Å². The highest BCUT2D eigenvalue weighted by Gasteiger charge is 2.39. The Labute approximate surface area is 149 Å². The molecule has 1 aliphatic rings. The number of hydrogen-bond acceptors (Lipinski definition) is 5. The van der Waals surface area contributed by atoms with Crippen LogP contribution >= 0.6 is 15.9 Å². The van der Waals surface area contributed by atoms with Crippen molar-refractivity contribution in [3.63, 3.8) is 0 Å². The molecule has 25 heavy (non-hydrogen) atoms. The van der Waals surface area contributed by atoms with Gasteiger partial charge in [0, 0.05) is 16.3 Å². The van der Waals surface area contributed by atoms with Crippen LogP contribution in [0, 0.1) is 0 Å². The summed E-state index contributed by atoms with van der Waals surface area (Å²) in [5, 5.41) is 21.8. The molecule has 0 saturated carbocycles. The van der Waals surface area contributed by atoms with Crippen molar-refractivity contribution in [2.75, 3.05) is 11.9 Å². The summed E-state index contributed by atoms with van der Waals surface area (Å²) in [7, 11) is 0. The molecule has 1 aromatic carbocycles. The second-order valence-electron chi connectivity index (χ2n) is 5.64. The summed E-state index contributed by atoms with van der Waals surface area (Å²) < 4.78 is 6.08. The number of carbonyl (C=O) groups excluding carboxylic acids is 2. The maximum absolute atomic E-state index is 12.5. The molecule has 2 atom stereocenters. The number of carboxylic acid groups (broad SMARTS) is 1. The van der Waals surface area contributed by atoms with E-state index in [0.717, 1.165) is 4.90 Å². The number of hydrogen-bond donors (Lipinski definition) is 4. The summed E-state index contributed by atoms with van der Waals surface area (Å²) in [5.74, 6) is -1.78. The summed E-state index contributed by atoms with van der Waals surface area (Å²) in [6.45, 7) is -0.159. The lowest BCUT2D eigenvalue weighted by Gasteiger charge is -2.20.